The molecule has 4 heteroatoms. The number of benzene rings is 1. The summed E-state index contributed by atoms with van der Waals surface area (Å²) in [6, 6.07) is 7.06. The maximum Gasteiger partial charge on any atom is 0.347 e. The topological polar surface area (TPSA) is 48.7 Å². The molecule has 0 N–H and O–H groups in total. The molecule has 2 rings (SSSR count). The van der Waals surface area contributed by atoms with E-state index in [1.807, 2.05) is 19.1 Å². The second kappa shape index (κ2) is 5.18. The van der Waals surface area contributed by atoms with Crippen molar-refractivity contribution in [3.8, 4) is 11.5 Å². The van der Waals surface area contributed by atoms with Crippen molar-refractivity contribution in [3.63, 3.8) is 0 Å². The van der Waals surface area contributed by atoms with Gasteiger partial charge in [0.15, 0.2) is 11.5 Å². The van der Waals surface area contributed by atoms with Crippen molar-refractivity contribution < 1.29 is 18.7 Å². The molecule has 1 heterocycles. The zero-order chi connectivity index (χ0) is 14.0. The molecular formula is C15H16O4. The Balaban J connectivity index is 2.26. The van der Waals surface area contributed by atoms with E-state index in [4.69, 9.17) is 13.9 Å². The number of carbonyl (C=O) groups is 1. The van der Waals surface area contributed by atoms with E-state index in [1.54, 1.807) is 33.1 Å². The minimum Gasteiger partial charge on any atom is -0.493 e. The normalized spacial score (nSPS) is 10.3. The van der Waals surface area contributed by atoms with Crippen LogP contribution in [0.4, 0.5) is 0 Å². The molecule has 0 amide bonds. The first-order valence-corrected chi connectivity index (χ1v) is 5.95. The Kier molecular flexibility index (Phi) is 3.60. The van der Waals surface area contributed by atoms with Crippen molar-refractivity contribution >= 4 is 5.97 Å². The van der Waals surface area contributed by atoms with Gasteiger partial charge in [0.2, 0.25) is 0 Å². The number of methoxy groups -OCH3 is 1. The smallest absolute Gasteiger partial charge is 0.347 e. The number of hydrogen-bond acceptors (Lipinski definition) is 4. The minimum absolute atomic E-state index is 0.399. The Labute approximate surface area is 111 Å². The van der Waals surface area contributed by atoms with E-state index in [1.165, 1.54) is 0 Å². The van der Waals surface area contributed by atoms with E-state index >= 15 is 0 Å². The number of aryl methyl sites for hydroxylation is 3. The molecule has 0 saturated carbocycles. The van der Waals surface area contributed by atoms with Crippen LogP contribution in [0.15, 0.2) is 28.7 Å². The van der Waals surface area contributed by atoms with E-state index in [9.17, 15) is 4.79 Å². The lowest BCUT2D eigenvalue weighted by molar-refractivity contribution is 0.0728. The zero-order valence-electron chi connectivity index (χ0n) is 11.4. The SMILES string of the molecule is COc1cc(C)ccc1OC(=O)c1cc(C)oc1C. The summed E-state index contributed by atoms with van der Waals surface area (Å²) in [5.41, 5.74) is 1.46. The molecule has 2 aromatic rings. The van der Waals surface area contributed by atoms with Gasteiger partial charge >= 0.3 is 5.97 Å². The third-order valence-electron chi connectivity index (χ3n) is 2.78. The van der Waals surface area contributed by atoms with Crippen LogP contribution in [0.1, 0.15) is 27.4 Å². The third kappa shape index (κ3) is 2.78. The molecule has 0 aliphatic rings. The lowest BCUT2D eigenvalue weighted by Crippen LogP contribution is -2.09. The predicted molar refractivity (Wildman–Crippen MR) is 70.9 cm³/mol. The van der Waals surface area contributed by atoms with Crippen LogP contribution in [0, 0.1) is 20.8 Å². The van der Waals surface area contributed by atoms with E-state index in [-0.39, 0.29) is 0 Å². The van der Waals surface area contributed by atoms with Crippen molar-refractivity contribution in [1.82, 2.24) is 0 Å². The predicted octanol–water partition coefficient (Wildman–Crippen LogP) is 3.43. The molecule has 0 spiro atoms. The maximum atomic E-state index is 12.1. The van der Waals surface area contributed by atoms with Crippen LogP contribution in [0.2, 0.25) is 0 Å². The average molecular weight is 260 g/mol. The summed E-state index contributed by atoms with van der Waals surface area (Å²) < 4.78 is 15.9. The van der Waals surface area contributed by atoms with Crippen molar-refractivity contribution in [1.29, 1.82) is 0 Å². The first kappa shape index (κ1) is 13.2. The van der Waals surface area contributed by atoms with Gasteiger partial charge in [0.25, 0.3) is 0 Å². The monoisotopic (exact) mass is 260 g/mol. The molecule has 100 valence electrons. The molecule has 19 heavy (non-hydrogen) atoms. The van der Waals surface area contributed by atoms with Crippen molar-refractivity contribution in [2.45, 2.75) is 20.8 Å². The second-order valence-corrected chi connectivity index (χ2v) is 4.37. The molecule has 0 fully saturated rings. The molecule has 0 radical (unpaired) electrons. The van der Waals surface area contributed by atoms with Gasteiger partial charge in [-0.2, -0.15) is 0 Å². The van der Waals surface area contributed by atoms with Gasteiger partial charge in [-0.1, -0.05) is 6.07 Å². The minimum atomic E-state index is -0.448. The summed E-state index contributed by atoms with van der Waals surface area (Å²) in [5, 5.41) is 0. The average Bonchev–Trinajstić information content (AvgIpc) is 2.70. The van der Waals surface area contributed by atoms with Crippen LogP contribution < -0.4 is 9.47 Å². The number of furan rings is 1. The summed E-state index contributed by atoms with van der Waals surface area (Å²) in [6.45, 7) is 5.46. The first-order valence-electron chi connectivity index (χ1n) is 5.95. The van der Waals surface area contributed by atoms with Crippen LogP contribution in [0.3, 0.4) is 0 Å². The fourth-order valence-corrected chi connectivity index (χ4v) is 1.85. The molecule has 0 atom stereocenters. The van der Waals surface area contributed by atoms with Gasteiger partial charge in [-0.15, -0.1) is 0 Å². The van der Waals surface area contributed by atoms with Crippen LogP contribution in [0.5, 0.6) is 11.5 Å². The van der Waals surface area contributed by atoms with Crippen LogP contribution in [-0.4, -0.2) is 13.1 Å². The van der Waals surface area contributed by atoms with Gasteiger partial charge in [-0.3, -0.25) is 0 Å². The molecule has 0 aliphatic carbocycles. The number of carbonyl (C=O) groups excluding carboxylic acids is 1. The third-order valence-corrected chi connectivity index (χ3v) is 2.78. The van der Waals surface area contributed by atoms with E-state index in [2.05, 4.69) is 0 Å². The molecule has 1 aromatic carbocycles. The molecule has 0 saturated heterocycles. The summed E-state index contributed by atoms with van der Waals surface area (Å²) in [6.07, 6.45) is 0. The summed E-state index contributed by atoms with van der Waals surface area (Å²) in [4.78, 5) is 12.1. The van der Waals surface area contributed by atoms with Gasteiger partial charge in [-0.25, -0.2) is 4.79 Å². The van der Waals surface area contributed by atoms with Crippen LogP contribution in [-0.2, 0) is 0 Å². The molecular weight excluding hydrogens is 244 g/mol. The number of esters is 1. The summed E-state index contributed by atoms with van der Waals surface area (Å²) >= 11 is 0. The van der Waals surface area contributed by atoms with Gasteiger partial charge in [0, 0.05) is 0 Å². The Morgan fingerprint density at radius 1 is 1.11 bits per heavy atom. The highest BCUT2D eigenvalue weighted by molar-refractivity contribution is 5.92. The number of rotatable bonds is 3. The van der Waals surface area contributed by atoms with E-state index in [0.717, 1.165) is 5.56 Å². The van der Waals surface area contributed by atoms with Gasteiger partial charge in [0.1, 0.15) is 17.1 Å². The lowest BCUT2D eigenvalue weighted by Gasteiger charge is -2.09. The highest BCUT2D eigenvalue weighted by Gasteiger charge is 2.17. The van der Waals surface area contributed by atoms with E-state index in [0.29, 0.717) is 28.6 Å². The fraction of sp³-hybridized carbons (Fsp3) is 0.267. The standard InChI is InChI=1S/C15H16O4/c1-9-5-6-13(14(7-9)17-4)19-15(16)12-8-10(2)18-11(12)3/h5-8H,1-4H3. The largest absolute Gasteiger partial charge is 0.493 e. The van der Waals surface area contributed by atoms with Crippen molar-refractivity contribution in [2.24, 2.45) is 0 Å². The first-order chi connectivity index (χ1) is 9.01. The van der Waals surface area contributed by atoms with Crippen LogP contribution in [0.25, 0.3) is 0 Å². The zero-order valence-corrected chi connectivity index (χ0v) is 11.4. The summed E-state index contributed by atoms with van der Waals surface area (Å²) in [7, 11) is 1.54. The second-order valence-electron chi connectivity index (χ2n) is 4.37. The Bertz CT molecular complexity index is 611. The highest BCUT2D eigenvalue weighted by atomic mass is 16.6. The van der Waals surface area contributed by atoms with Gasteiger partial charge in [0.05, 0.1) is 7.11 Å². The molecule has 1 aromatic heterocycles. The summed E-state index contributed by atoms with van der Waals surface area (Å²) in [5.74, 6) is 1.72. The Morgan fingerprint density at radius 3 is 2.42 bits per heavy atom. The van der Waals surface area contributed by atoms with Crippen molar-refractivity contribution in [2.75, 3.05) is 7.11 Å². The highest BCUT2D eigenvalue weighted by Crippen LogP contribution is 2.29. The van der Waals surface area contributed by atoms with Gasteiger partial charge < -0.3 is 13.9 Å². The molecule has 0 bridgehead atoms. The quantitative estimate of drug-likeness (QED) is 0.626. The van der Waals surface area contributed by atoms with Crippen molar-refractivity contribution in [3.05, 3.63) is 46.9 Å². The Morgan fingerprint density at radius 2 is 1.84 bits per heavy atom. The molecule has 4 nitrogen and oxygen atoms in total. The number of ether oxygens (including phenoxy) is 2. The van der Waals surface area contributed by atoms with Gasteiger partial charge in [-0.05, 0) is 44.5 Å². The molecule has 0 unspecified atom stereocenters. The lowest BCUT2D eigenvalue weighted by atomic mass is 10.2. The van der Waals surface area contributed by atoms with E-state index < -0.39 is 5.97 Å². The van der Waals surface area contributed by atoms with Crippen LogP contribution >= 0.6 is 0 Å². The Hall–Kier alpha value is -2.23. The molecule has 0 aliphatic heterocycles. The maximum absolute atomic E-state index is 12.1. The fourth-order valence-electron chi connectivity index (χ4n) is 1.85. The number of hydrogen-bond donors (Lipinski definition) is 0.